The minimum atomic E-state index is -0.428. The molecule has 0 aliphatic heterocycles. The van der Waals surface area contributed by atoms with Gasteiger partial charge in [-0.25, -0.2) is 4.68 Å². The normalized spacial score (nSPS) is 10.0. The Hall–Kier alpha value is -3.72. The van der Waals surface area contributed by atoms with Gasteiger partial charge in [-0.05, 0) is 18.2 Å². The highest BCUT2D eigenvalue weighted by molar-refractivity contribution is 5.91. The highest BCUT2D eigenvalue weighted by Crippen LogP contribution is 2.15. The number of nitrogens with one attached hydrogen (secondary N) is 1. The third-order valence-corrected chi connectivity index (χ3v) is 3.55. The molecule has 0 bridgehead atoms. The molecule has 0 aliphatic carbocycles. The van der Waals surface area contributed by atoms with E-state index in [4.69, 9.17) is 5.26 Å². The van der Waals surface area contributed by atoms with Crippen LogP contribution in [0.5, 0.6) is 0 Å². The number of nitriles is 1. The Labute approximate surface area is 144 Å². The van der Waals surface area contributed by atoms with Crippen molar-refractivity contribution in [2.75, 3.05) is 5.32 Å². The first-order chi connectivity index (χ1) is 12.2. The van der Waals surface area contributed by atoms with Crippen LogP contribution in [0, 0.1) is 11.3 Å². The van der Waals surface area contributed by atoms with E-state index < -0.39 is 5.91 Å². The number of hydrogen-bond acceptors (Lipinski definition) is 4. The fourth-order valence-electron chi connectivity index (χ4n) is 2.34. The summed E-state index contributed by atoms with van der Waals surface area (Å²) < 4.78 is 1.10. The molecule has 0 aliphatic rings. The van der Waals surface area contributed by atoms with Gasteiger partial charge in [-0.1, -0.05) is 42.5 Å². The maximum atomic E-state index is 12.2. The minimum absolute atomic E-state index is 0.237. The molecule has 6 heteroatoms. The molecule has 6 nitrogen and oxygen atoms in total. The number of nitrogens with zero attached hydrogens (tertiary/aromatic N) is 3. The van der Waals surface area contributed by atoms with Crippen LogP contribution in [0.15, 0.2) is 71.5 Å². The average molecular weight is 330 g/mol. The monoisotopic (exact) mass is 330 g/mol. The van der Waals surface area contributed by atoms with Crippen molar-refractivity contribution in [2.24, 2.45) is 0 Å². The lowest BCUT2D eigenvalue weighted by Crippen LogP contribution is -2.29. The Bertz CT molecular complexity index is 1000. The fraction of sp³-hybridized carbons (Fsp3) is 0.0526. The molecule has 0 saturated heterocycles. The largest absolute Gasteiger partial charge is 0.323 e. The van der Waals surface area contributed by atoms with Gasteiger partial charge in [0.2, 0.25) is 5.91 Å². The van der Waals surface area contributed by atoms with Crippen molar-refractivity contribution in [1.82, 2.24) is 9.78 Å². The maximum absolute atomic E-state index is 12.2. The summed E-state index contributed by atoms with van der Waals surface area (Å²) in [4.78, 5) is 24.2. The molecular weight excluding hydrogens is 316 g/mol. The summed E-state index contributed by atoms with van der Waals surface area (Å²) in [7, 11) is 0. The lowest BCUT2D eigenvalue weighted by atomic mass is 10.1. The van der Waals surface area contributed by atoms with Crippen LogP contribution in [-0.4, -0.2) is 15.7 Å². The highest BCUT2D eigenvalue weighted by Gasteiger charge is 2.10. The second kappa shape index (κ2) is 7.23. The number of anilines is 1. The molecule has 1 heterocycles. The predicted octanol–water partition coefficient (Wildman–Crippen LogP) is 2.42. The molecule has 0 atom stereocenters. The van der Waals surface area contributed by atoms with E-state index in [1.165, 1.54) is 6.07 Å². The van der Waals surface area contributed by atoms with E-state index in [2.05, 4.69) is 10.4 Å². The molecule has 0 radical (unpaired) electrons. The van der Waals surface area contributed by atoms with Crippen molar-refractivity contribution in [1.29, 1.82) is 5.26 Å². The second-order valence-corrected chi connectivity index (χ2v) is 5.29. The number of para-hydroxylation sites is 1. The zero-order valence-electron chi connectivity index (χ0n) is 13.2. The second-order valence-electron chi connectivity index (χ2n) is 5.29. The van der Waals surface area contributed by atoms with E-state index in [1.807, 2.05) is 36.4 Å². The van der Waals surface area contributed by atoms with Gasteiger partial charge < -0.3 is 5.32 Å². The van der Waals surface area contributed by atoms with Gasteiger partial charge in [-0.2, -0.15) is 10.4 Å². The first-order valence-corrected chi connectivity index (χ1v) is 7.60. The Morgan fingerprint density at radius 3 is 2.52 bits per heavy atom. The van der Waals surface area contributed by atoms with E-state index in [0.717, 1.165) is 10.2 Å². The van der Waals surface area contributed by atoms with Gasteiger partial charge in [0.1, 0.15) is 12.6 Å². The summed E-state index contributed by atoms with van der Waals surface area (Å²) >= 11 is 0. The fourth-order valence-corrected chi connectivity index (χ4v) is 2.34. The van der Waals surface area contributed by atoms with Crippen LogP contribution in [0.2, 0.25) is 0 Å². The summed E-state index contributed by atoms with van der Waals surface area (Å²) in [5.74, 6) is -0.428. The van der Waals surface area contributed by atoms with E-state index in [0.29, 0.717) is 16.9 Å². The lowest BCUT2D eigenvalue weighted by molar-refractivity contribution is -0.117. The topological polar surface area (TPSA) is 87.8 Å². The number of benzene rings is 2. The third-order valence-electron chi connectivity index (χ3n) is 3.55. The van der Waals surface area contributed by atoms with Crippen LogP contribution in [0.4, 0.5) is 5.69 Å². The quantitative estimate of drug-likeness (QED) is 0.796. The van der Waals surface area contributed by atoms with Gasteiger partial charge in [-0.15, -0.1) is 0 Å². The minimum Gasteiger partial charge on any atom is -0.323 e. The van der Waals surface area contributed by atoms with Crippen molar-refractivity contribution in [3.8, 4) is 17.3 Å². The Balaban J connectivity index is 1.82. The van der Waals surface area contributed by atoms with Crippen LogP contribution in [-0.2, 0) is 11.3 Å². The molecule has 1 aromatic heterocycles. The zero-order valence-corrected chi connectivity index (χ0v) is 13.2. The number of amides is 1. The van der Waals surface area contributed by atoms with Crippen molar-refractivity contribution in [2.45, 2.75) is 6.54 Å². The third kappa shape index (κ3) is 3.79. The van der Waals surface area contributed by atoms with Crippen molar-refractivity contribution >= 4 is 11.6 Å². The summed E-state index contributed by atoms with van der Waals surface area (Å²) in [6.07, 6.45) is 0. The molecule has 0 saturated carbocycles. The Morgan fingerprint density at radius 2 is 1.76 bits per heavy atom. The van der Waals surface area contributed by atoms with Gasteiger partial charge in [0.05, 0.1) is 16.9 Å². The number of rotatable bonds is 4. The SMILES string of the molecule is N#Cc1ccccc1NC(=O)Cn1nc(-c2ccccc2)ccc1=O. The van der Waals surface area contributed by atoms with Crippen LogP contribution >= 0.6 is 0 Å². The van der Waals surface area contributed by atoms with E-state index in [-0.39, 0.29) is 12.1 Å². The zero-order chi connectivity index (χ0) is 17.6. The van der Waals surface area contributed by atoms with Crippen LogP contribution in [0.25, 0.3) is 11.3 Å². The Morgan fingerprint density at radius 1 is 1.04 bits per heavy atom. The molecule has 0 fully saturated rings. The molecule has 122 valence electrons. The van der Waals surface area contributed by atoms with Gasteiger partial charge in [0.25, 0.3) is 5.56 Å². The molecule has 3 aromatic rings. The van der Waals surface area contributed by atoms with E-state index in [9.17, 15) is 9.59 Å². The van der Waals surface area contributed by atoms with E-state index >= 15 is 0 Å². The number of hydrogen-bond donors (Lipinski definition) is 1. The Kier molecular flexibility index (Phi) is 4.67. The van der Waals surface area contributed by atoms with Crippen molar-refractivity contribution in [3.63, 3.8) is 0 Å². The molecular formula is C19H14N4O2. The van der Waals surface area contributed by atoms with Crippen LogP contribution in [0.3, 0.4) is 0 Å². The molecule has 3 rings (SSSR count). The predicted molar refractivity (Wildman–Crippen MR) is 93.7 cm³/mol. The summed E-state index contributed by atoms with van der Waals surface area (Å²) in [5, 5.41) is 15.9. The summed E-state index contributed by atoms with van der Waals surface area (Å²) in [6.45, 7) is -0.237. The standard InChI is InChI=1S/C19H14N4O2/c20-12-15-8-4-5-9-16(15)21-18(24)13-23-19(25)11-10-17(22-23)14-6-2-1-3-7-14/h1-11H,13H2,(H,21,24). The van der Waals surface area contributed by atoms with E-state index in [1.54, 1.807) is 30.3 Å². The molecule has 2 aromatic carbocycles. The lowest BCUT2D eigenvalue weighted by Gasteiger charge is -2.09. The smallest absolute Gasteiger partial charge is 0.267 e. The highest BCUT2D eigenvalue weighted by atomic mass is 16.2. The first kappa shape index (κ1) is 16.1. The molecule has 1 amide bonds. The molecule has 1 N–H and O–H groups in total. The van der Waals surface area contributed by atoms with Gasteiger partial charge >= 0.3 is 0 Å². The summed E-state index contributed by atoms with van der Waals surface area (Å²) in [6, 6.07) is 21.1. The number of carbonyl (C=O) groups excluding carboxylic acids is 1. The van der Waals surface area contributed by atoms with Crippen LogP contribution in [0.1, 0.15) is 5.56 Å². The number of aromatic nitrogens is 2. The number of carbonyl (C=O) groups is 1. The van der Waals surface area contributed by atoms with Gasteiger partial charge in [0, 0.05) is 11.6 Å². The molecule has 0 spiro atoms. The van der Waals surface area contributed by atoms with Gasteiger partial charge in [0.15, 0.2) is 0 Å². The van der Waals surface area contributed by atoms with Gasteiger partial charge in [-0.3, -0.25) is 9.59 Å². The molecule has 25 heavy (non-hydrogen) atoms. The van der Waals surface area contributed by atoms with Crippen molar-refractivity contribution < 1.29 is 4.79 Å². The van der Waals surface area contributed by atoms with Crippen LogP contribution < -0.4 is 10.9 Å². The average Bonchev–Trinajstić information content (AvgIpc) is 2.64. The summed E-state index contributed by atoms with van der Waals surface area (Å²) in [5.41, 5.74) is 1.84. The maximum Gasteiger partial charge on any atom is 0.267 e. The molecule has 0 unspecified atom stereocenters. The van der Waals surface area contributed by atoms with Crippen molar-refractivity contribution in [3.05, 3.63) is 82.6 Å². The first-order valence-electron chi connectivity index (χ1n) is 7.60.